The highest BCUT2D eigenvalue weighted by Gasteiger charge is 2.30. The van der Waals surface area contributed by atoms with E-state index in [-0.39, 0.29) is 22.9 Å². The summed E-state index contributed by atoms with van der Waals surface area (Å²) < 4.78 is 2.93. The van der Waals surface area contributed by atoms with Crippen molar-refractivity contribution in [1.82, 2.24) is 24.4 Å². The highest BCUT2D eigenvalue weighted by atomic mass is 16.3. The summed E-state index contributed by atoms with van der Waals surface area (Å²) in [5.74, 6) is -0.798. The second kappa shape index (κ2) is 7.48. The van der Waals surface area contributed by atoms with E-state index in [0.29, 0.717) is 18.7 Å². The van der Waals surface area contributed by atoms with Crippen molar-refractivity contribution < 1.29 is 9.90 Å². The fourth-order valence-electron chi connectivity index (χ4n) is 3.94. The Balaban J connectivity index is 1.79. The Hall–Kier alpha value is -2.35. The first-order chi connectivity index (χ1) is 13.7. The van der Waals surface area contributed by atoms with E-state index in [1.54, 1.807) is 4.57 Å². The highest BCUT2D eigenvalue weighted by Crippen LogP contribution is 2.26. The number of hydrogen-bond acceptors (Lipinski definition) is 5. The van der Waals surface area contributed by atoms with Gasteiger partial charge in [0.2, 0.25) is 5.88 Å². The molecule has 2 fully saturated rings. The van der Waals surface area contributed by atoms with Crippen LogP contribution < -0.4 is 10.9 Å². The Morgan fingerprint density at radius 1 is 1.24 bits per heavy atom. The zero-order chi connectivity index (χ0) is 20.8. The van der Waals surface area contributed by atoms with Gasteiger partial charge in [-0.1, -0.05) is 27.2 Å². The van der Waals surface area contributed by atoms with Gasteiger partial charge < -0.3 is 10.4 Å². The lowest BCUT2D eigenvalue weighted by Crippen LogP contribution is -2.35. The van der Waals surface area contributed by atoms with Crippen molar-refractivity contribution in [3.05, 3.63) is 27.7 Å². The predicted molar refractivity (Wildman–Crippen MR) is 110 cm³/mol. The van der Waals surface area contributed by atoms with Gasteiger partial charge in [-0.15, -0.1) is 0 Å². The van der Waals surface area contributed by atoms with Gasteiger partial charge in [-0.05, 0) is 44.2 Å². The number of likely N-dealkylation sites (tertiary alicyclic amines) is 1. The van der Waals surface area contributed by atoms with Crippen LogP contribution in [-0.4, -0.2) is 49.2 Å². The van der Waals surface area contributed by atoms with Crippen LogP contribution in [0.4, 0.5) is 0 Å². The molecule has 1 saturated heterocycles. The lowest BCUT2D eigenvalue weighted by Gasteiger charge is -2.25. The Bertz CT molecular complexity index is 975. The maximum atomic E-state index is 13.1. The van der Waals surface area contributed by atoms with Crippen LogP contribution in [0.25, 0.3) is 5.65 Å². The summed E-state index contributed by atoms with van der Waals surface area (Å²) in [5, 5.41) is 18.3. The molecule has 3 heterocycles. The van der Waals surface area contributed by atoms with E-state index in [9.17, 15) is 14.7 Å². The summed E-state index contributed by atoms with van der Waals surface area (Å²) in [6.45, 7) is 9.34. The third-order valence-electron chi connectivity index (χ3n) is 5.51. The Kier molecular flexibility index (Phi) is 5.14. The number of nitrogens with one attached hydrogen (secondary N) is 1. The zero-order valence-electron chi connectivity index (χ0n) is 17.6. The minimum absolute atomic E-state index is 0.0975. The molecule has 1 aliphatic heterocycles. The summed E-state index contributed by atoms with van der Waals surface area (Å²) in [6.07, 6.45) is 5.43. The minimum atomic E-state index is -0.564. The average Bonchev–Trinajstić information content (AvgIpc) is 3.35. The van der Waals surface area contributed by atoms with Crippen LogP contribution in [0.15, 0.2) is 10.9 Å². The first kappa shape index (κ1) is 19.9. The van der Waals surface area contributed by atoms with Crippen molar-refractivity contribution in [3.8, 4) is 5.88 Å². The van der Waals surface area contributed by atoms with Crippen LogP contribution in [0.1, 0.15) is 68.9 Å². The summed E-state index contributed by atoms with van der Waals surface area (Å²) in [4.78, 5) is 28.1. The molecular formula is C21H31N5O3. The molecule has 8 nitrogen and oxygen atoms in total. The molecule has 1 saturated carbocycles. The second-order valence-electron chi connectivity index (χ2n) is 9.64. The number of carbonyl (C=O) groups is 1. The number of hydrogen-bond donors (Lipinski definition) is 2. The predicted octanol–water partition coefficient (Wildman–Crippen LogP) is 2.13. The fourth-order valence-corrected chi connectivity index (χ4v) is 3.94. The van der Waals surface area contributed by atoms with Gasteiger partial charge in [-0.2, -0.15) is 9.61 Å². The van der Waals surface area contributed by atoms with Crippen molar-refractivity contribution in [1.29, 1.82) is 0 Å². The van der Waals surface area contributed by atoms with E-state index in [2.05, 4.69) is 36.1 Å². The molecule has 29 heavy (non-hydrogen) atoms. The molecule has 4 rings (SSSR count). The molecule has 0 atom stereocenters. The van der Waals surface area contributed by atoms with Gasteiger partial charge in [0.1, 0.15) is 5.65 Å². The molecule has 2 aromatic heterocycles. The van der Waals surface area contributed by atoms with Crippen molar-refractivity contribution in [3.63, 3.8) is 0 Å². The molecule has 2 aromatic rings. The van der Waals surface area contributed by atoms with Gasteiger partial charge in [0, 0.05) is 25.2 Å². The lowest BCUT2D eigenvalue weighted by molar-refractivity contribution is 0.0944. The summed E-state index contributed by atoms with van der Waals surface area (Å²) in [7, 11) is 0. The van der Waals surface area contributed by atoms with E-state index < -0.39 is 11.5 Å². The Morgan fingerprint density at radius 2 is 1.93 bits per heavy atom. The molecule has 0 aromatic carbocycles. The van der Waals surface area contributed by atoms with Crippen LogP contribution in [-0.2, 0) is 13.1 Å². The number of nitrogens with zero attached hydrogens (tertiary/aromatic N) is 4. The Labute approximate surface area is 170 Å². The monoisotopic (exact) mass is 401 g/mol. The van der Waals surface area contributed by atoms with Gasteiger partial charge in [0.05, 0.1) is 5.69 Å². The van der Waals surface area contributed by atoms with Crippen LogP contribution in [0.2, 0.25) is 0 Å². The maximum Gasteiger partial charge on any atom is 0.291 e. The third kappa shape index (κ3) is 4.32. The number of aromatic hydroxyl groups is 1. The van der Waals surface area contributed by atoms with E-state index in [0.717, 1.165) is 31.6 Å². The second-order valence-corrected chi connectivity index (χ2v) is 9.64. The van der Waals surface area contributed by atoms with Crippen molar-refractivity contribution in [2.45, 2.75) is 72.0 Å². The largest absolute Gasteiger partial charge is 0.494 e. The maximum absolute atomic E-state index is 13.1. The molecular weight excluding hydrogens is 370 g/mol. The molecule has 158 valence electrons. The molecule has 2 aliphatic rings. The normalized spacial score (nSPS) is 18.3. The lowest BCUT2D eigenvalue weighted by atomic mass is 9.96. The summed E-state index contributed by atoms with van der Waals surface area (Å²) in [6, 6.07) is 1.96. The highest BCUT2D eigenvalue weighted by molar-refractivity contribution is 5.96. The third-order valence-corrected chi connectivity index (χ3v) is 5.51. The molecule has 0 unspecified atom stereocenters. The molecule has 0 bridgehead atoms. The van der Waals surface area contributed by atoms with E-state index >= 15 is 0 Å². The van der Waals surface area contributed by atoms with Crippen LogP contribution in [0.5, 0.6) is 5.88 Å². The van der Waals surface area contributed by atoms with Gasteiger partial charge >= 0.3 is 0 Å². The molecule has 1 amide bonds. The quantitative estimate of drug-likeness (QED) is 0.801. The van der Waals surface area contributed by atoms with Crippen LogP contribution >= 0.6 is 0 Å². The average molecular weight is 402 g/mol. The number of aromatic nitrogens is 3. The van der Waals surface area contributed by atoms with Gasteiger partial charge in [-0.3, -0.25) is 19.1 Å². The molecule has 1 aliphatic carbocycles. The van der Waals surface area contributed by atoms with E-state index in [4.69, 9.17) is 0 Å². The standard InChI is InChI=1S/C21H31N5O3/c1-21(2,3)13-25-16-11-15(12-24-9-5-4-6-10-24)23-26(16)20(29)17(19(25)28)18(27)22-14-7-8-14/h11,14,28H,4-10,12-13H2,1-3H3,(H,22,27). The smallest absolute Gasteiger partial charge is 0.291 e. The first-order valence-corrected chi connectivity index (χ1v) is 10.6. The van der Waals surface area contributed by atoms with E-state index in [1.807, 2.05) is 6.07 Å². The van der Waals surface area contributed by atoms with Crippen LogP contribution in [0, 0.1) is 5.41 Å². The zero-order valence-corrected chi connectivity index (χ0v) is 17.6. The van der Waals surface area contributed by atoms with Crippen molar-refractivity contribution in [2.75, 3.05) is 13.1 Å². The van der Waals surface area contributed by atoms with Crippen molar-refractivity contribution in [2.24, 2.45) is 5.41 Å². The van der Waals surface area contributed by atoms with Crippen LogP contribution in [0.3, 0.4) is 0 Å². The minimum Gasteiger partial charge on any atom is -0.494 e. The first-order valence-electron chi connectivity index (χ1n) is 10.6. The summed E-state index contributed by atoms with van der Waals surface area (Å²) in [5.41, 5.74) is 0.365. The number of amides is 1. The topological polar surface area (TPSA) is 91.9 Å². The number of fused-ring (bicyclic) bond motifs is 1. The van der Waals surface area contributed by atoms with Gasteiger partial charge in [0.25, 0.3) is 11.5 Å². The molecule has 8 heteroatoms. The van der Waals surface area contributed by atoms with Crippen molar-refractivity contribution >= 4 is 11.6 Å². The molecule has 0 radical (unpaired) electrons. The fraction of sp³-hybridized carbons (Fsp3) is 0.667. The summed E-state index contributed by atoms with van der Waals surface area (Å²) >= 11 is 0. The molecule has 0 spiro atoms. The van der Waals surface area contributed by atoms with E-state index in [1.165, 1.54) is 23.8 Å². The van der Waals surface area contributed by atoms with Gasteiger partial charge in [-0.25, -0.2) is 0 Å². The number of carbonyl (C=O) groups excluding carboxylic acids is 1. The van der Waals surface area contributed by atoms with Gasteiger partial charge in [0.15, 0.2) is 5.56 Å². The Morgan fingerprint density at radius 3 is 2.55 bits per heavy atom. The number of piperidine rings is 1. The SMILES string of the molecule is CC(C)(C)Cn1c(O)c(C(=O)NC2CC2)c(=O)n2nc(CN3CCCCC3)cc12. The molecule has 2 N–H and O–H groups in total. The number of rotatable bonds is 5.